The molecule has 2 aromatic rings. The lowest BCUT2D eigenvalue weighted by Gasteiger charge is -2.10. The van der Waals surface area contributed by atoms with Gasteiger partial charge in [0.1, 0.15) is 12.1 Å². The van der Waals surface area contributed by atoms with Crippen molar-refractivity contribution in [1.82, 2.24) is 15.3 Å². The summed E-state index contributed by atoms with van der Waals surface area (Å²) in [5, 5.41) is 3.48. The monoisotopic (exact) mass is 319 g/mol. The maximum Gasteiger partial charge on any atom is 0.258 e. The molecule has 0 radical (unpaired) electrons. The smallest absolute Gasteiger partial charge is 0.258 e. The van der Waals surface area contributed by atoms with Gasteiger partial charge in [0.15, 0.2) is 6.61 Å². The molecule has 2 rings (SSSR count). The summed E-state index contributed by atoms with van der Waals surface area (Å²) >= 11 is 6.10. The molecule has 0 aliphatic carbocycles. The van der Waals surface area contributed by atoms with Gasteiger partial charge in [-0.1, -0.05) is 11.6 Å². The van der Waals surface area contributed by atoms with Crippen molar-refractivity contribution in [1.29, 1.82) is 0 Å². The average molecular weight is 320 g/mol. The molecule has 116 valence electrons. The highest BCUT2D eigenvalue weighted by atomic mass is 35.5. The van der Waals surface area contributed by atoms with Crippen molar-refractivity contribution in [3.05, 3.63) is 52.1 Å². The van der Waals surface area contributed by atoms with Crippen LogP contribution in [-0.4, -0.2) is 22.5 Å². The zero-order valence-corrected chi connectivity index (χ0v) is 13.6. The van der Waals surface area contributed by atoms with Crippen LogP contribution in [0.4, 0.5) is 0 Å². The number of nitrogens with one attached hydrogen (secondary N) is 1. The Kier molecular flexibility index (Phi) is 5.33. The van der Waals surface area contributed by atoms with Crippen LogP contribution in [0, 0.1) is 20.8 Å². The van der Waals surface area contributed by atoms with Crippen LogP contribution < -0.4 is 10.1 Å². The van der Waals surface area contributed by atoms with Crippen LogP contribution in [0.15, 0.2) is 24.5 Å². The highest BCUT2D eigenvalue weighted by Crippen LogP contribution is 2.25. The lowest BCUT2D eigenvalue weighted by Crippen LogP contribution is -2.28. The number of hydrogen-bond donors (Lipinski definition) is 1. The molecule has 0 saturated heterocycles. The van der Waals surface area contributed by atoms with E-state index in [0.717, 1.165) is 27.5 Å². The van der Waals surface area contributed by atoms with E-state index < -0.39 is 0 Å². The topological polar surface area (TPSA) is 64.1 Å². The first-order valence-electron chi connectivity index (χ1n) is 6.89. The highest BCUT2D eigenvalue weighted by molar-refractivity contribution is 6.32. The van der Waals surface area contributed by atoms with Crippen molar-refractivity contribution in [2.75, 3.05) is 6.61 Å². The maximum absolute atomic E-state index is 11.8. The SMILES string of the molecule is Cc1cc(CNC(=O)COc2cc(C)c(Cl)c(C)c2)ncn1. The van der Waals surface area contributed by atoms with E-state index in [-0.39, 0.29) is 12.5 Å². The van der Waals surface area contributed by atoms with Crippen LogP contribution in [0.3, 0.4) is 0 Å². The van der Waals surface area contributed by atoms with Gasteiger partial charge in [0.2, 0.25) is 0 Å². The summed E-state index contributed by atoms with van der Waals surface area (Å²) in [6.07, 6.45) is 1.48. The quantitative estimate of drug-likeness (QED) is 0.920. The molecule has 0 unspecified atom stereocenters. The zero-order chi connectivity index (χ0) is 16.1. The van der Waals surface area contributed by atoms with Gasteiger partial charge in [-0.25, -0.2) is 9.97 Å². The number of aryl methyl sites for hydroxylation is 3. The van der Waals surface area contributed by atoms with Gasteiger partial charge in [-0.3, -0.25) is 4.79 Å². The van der Waals surface area contributed by atoms with Crippen LogP contribution in [0.1, 0.15) is 22.5 Å². The van der Waals surface area contributed by atoms with Gasteiger partial charge in [-0.15, -0.1) is 0 Å². The normalized spacial score (nSPS) is 10.4. The summed E-state index contributed by atoms with van der Waals surface area (Å²) in [6, 6.07) is 5.46. The molecule has 0 aliphatic heterocycles. The first kappa shape index (κ1) is 16.2. The third-order valence-electron chi connectivity index (χ3n) is 3.11. The van der Waals surface area contributed by atoms with Gasteiger partial charge < -0.3 is 10.1 Å². The molecule has 1 aromatic heterocycles. The Labute approximate surface area is 134 Å². The Balaban J connectivity index is 1.85. The Morgan fingerprint density at radius 1 is 1.18 bits per heavy atom. The minimum absolute atomic E-state index is 0.0510. The lowest BCUT2D eigenvalue weighted by atomic mass is 10.1. The Morgan fingerprint density at radius 2 is 1.86 bits per heavy atom. The summed E-state index contributed by atoms with van der Waals surface area (Å²) in [7, 11) is 0. The van der Waals surface area contributed by atoms with E-state index in [0.29, 0.717) is 12.3 Å². The predicted molar refractivity (Wildman–Crippen MR) is 85.0 cm³/mol. The number of ether oxygens (including phenoxy) is 1. The second-order valence-corrected chi connectivity index (χ2v) is 5.47. The third kappa shape index (κ3) is 4.43. The lowest BCUT2D eigenvalue weighted by molar-refractivity contribution is -0.123. The Bertz CT molecular complexity index is 666. The number of aromatic nitrogens is 2. The van der Waals surface area contributed by atoms with Crippen molar-refractivity contribution in [3.8, 4) is 5.75 Å². The van der Waals surface area contributed by atoms with Gasteiger partial charge in [0.25, 0.3) is 5.91 Å². The Morgan fingerprint density at radius 3 is 2.50 bits per heavy atom. The molecule has 5 nitrogen and oxygen atoms in total. The molecule has 6 heteroatoms. The molecule has 0 bridgehead atoms. The molecule has 1 heterocycles. The first-order chi connectivity index (χ1) is 10.5. The van der Waals surface area contributed by atoms with E-state index in [9.17, 15) is 4.79 Å². The minimum Gasteiger partial charge on any atom is -0.484 e. The molecule has 0 aliphatic rings. The van der Waals surface area contributed by atoms with E-state index in [1.807, 2.05) is 39.0 Å². The zero-order valence-electron chi connectivity index (χ0n) is 12.8. The van der Waals surface area contributed by atoms with Gasteiger partial charge in [-0.2, -0.15) is 0 Å². The molecule has 0 atom stereocenters. The van der Waals surface area contributed by atoms with Crippen molar-refractivity contribution >= 4 is 17.5 Å². The molecule has 0 saturated carbocycles. The largest absolute Gasteiger partial charge is 0.484 e. The van der Waals surface area contributed by atoms with Gasteiger partial charge in [0.05, 0.1) is 12.2 Å². The van der Waals surface area contributed by atoms with E-state index in [1.54, 1.807) is 0 Å². The van der Waals surface area contributed by atoms with E-state index >= 15 is 0 Å². The minimum atomic E-state index is -0.207. The molecule has 1 N–H and O–H groups in total. The van der Waals surface area contributed by atoms with Crippen molar-refractivity contribution in [2.24, 2.45) is 0 Å². The van der Waals surface area contributed by atoms with Crippen molar-refractivity contribution in [3.63, 3.8) is 0 Å². The summed E-state index contributed by atoms with van der Waals surface area (Å²) < 4.78 is 5.49. The number of nitrogens with zero attached hydrogens (tertiary/aromatic N) is 2. The first-order valence-corrected chi connectivity index (χ1v) is 7.27. The van der Waals surface area contributed by atoms with Crippen molar-refractivity contribution < 1.29 is 9.53 Å². The Hall–Kier alpha value is -2.14. The number of benzene rings is 1. The highest BCUT2D eigenvalue weighted by Gasteiger charge is 2.07. The summed E-state index contributed by atoms with van der Waals surface area (Å²) in [6.45, 7) is 5.98. The molecular weight excluding hydrogens is 302 g/mol. The number of rotatable bonds is 5. The number of carbonyl (C=O) groups is 1. The summed E-state index contributed by atoms with van der Waals surface area (Å²) in [4.78, 5) is 19.9. The third-order valence-corrected chi connectivity index (χ3v) is 3.70. The van der Waals surface area contributed by atoms with E-state index in [4.69, 9.17) is 16.3 Å². The van der Waals surface area contributed by atoms with E-state index in [1.165, 1.54) is 6.33 Å². The predicted octanol–water partition coefficient (Wildman–Crippen LogP) is 2.75. The molecule has 22 heavy (non-hydrogen) atoms. The van der Waals surface area contributed by atoms with Crippen LogP contribution in [0.2, 0.25) is 5.02 Å². The molecule has 1 aromatic carbocycles. The number of carbonyl (C=O) groups excluding carboxylic acids is 1. The van der Waals surface area contributed by atoms with Crippen LogP contribution >= 0.6 is 11.6 Å². The molecule has 1 amide bonds. The second kappa shape index (κ2) is 7.22. The fourth-order valence-corrected chi connectivity index (χ4v) is 2.09. The van der Waals surface area contributed by atoms with Gasteiger partial charge in [-0.05, 0) is 50.1 Å². The number of amides is 1. The van der Waals surface area contributed by atoms with E-state index in [2.05, 4.69) is 15.3 Å². The molecule has 0 spiro atoms. The maximum atomic E-state index is 11.8. The summed E-state index contributed by atoms with van der Waals surface area (Å²) in [5.74, 6) is 0.425. The van der Waals surface area contributed by atoms with Gasteiger partial charge >= 0.3 is 0 Å². The number of halogens is 1. The fraction of sp³-hybridized carbons (Fsp3) is 0.312. The van der Waals surface area contributed by atoms with Crippen molar-refractivity contribution in [2.45, 2.75) is 27.3 Å². The molecule has 0 fully saturated rings. The second-order valence-electron chi connectivity index (χ2n) is 5.09. The fourth-order valence-electron chi connectivity index (χ4n) is 1.98. The summed E-state index contributed by atoms with van der Waals surface area (Å²) in [5.41, 5.74) is 3.48. The van der Waals surface area contributed by atoms with Crippen LogP contribution in [0.25, 0.3) is 0 Å². The average Bonchev–Trinajstić information content (AvgIpc) is 2.48. The number of hydrogen-bond acceptors (Lipinski definition) is 4. The standard InChI is InChI=1S/C16H18ClN3O2/c1-10-4-14(5-11(2)16(10)17)22-8-15(21)18-7-13-6-12(3)19-9-20-13/h4-6,9H,7-8H2,1-3H3,(H,18,21). The molecular formula is C16H18ClN3O2. The van der Waals surface area contributed by atoms with Gasteiger partial charge in [0, 0.05) is 10.7 Å². The van der Waals surface area contributed by atoms with Crippen LogP contribution in [-0.2, 0) is 11.3 Å². The van der Waals surface area contributed by atoms with Crippen LogP contribution in [0.5, 0.6) is 5.75 Å².